The first-order chi connectivity index (χ1) is 9.29. The van der Waals surface area contributed by atoms with Gasteiger partial charge in [-0.05, 0) is 31.0 Å². The molecular weight excluding hydrogens is 306 g/mol. The van der Waals surface area contributed by atoms with Crippen LogP contribution in [0.4, 0.5) is 0 Å². The van der Waals surface area contributed by atoms with Crippen LogP contribution in [0.25, 0.3) is 0 Å². The van der Waals surface area contributed by atoms with Crippen LogP contribution in [-0.2, 0) is 0 Å². The minimum Gasteiger partial charge on any atom is -0.492 e. The summed E-state index contributed by atoms with van der Waals surface area (Å²) >= 11 is 3.44. The lowest BCUT2D eigenvalue weighted by Gasteiger charge is -2.27. The number of hydrogen-bond acceptors (Lipinski definition) is 3. The average Bonchev–Trinajstić information content (AvgIpc) is 2.91. The molecule has 0 saturated heterocycles. The highest BCUT2D eigenvalue weighted by atomic mass is 79.9. The molecule has 1 aromatic carbocycles. The fourth-order valence-corrected chi connectivity index (χ4v) is 3.09. The molecule has 1 fully saturated rings. The fourth-order valence-electron chi connectivity index (χ4n) is 2.71. The summed E-state index contributed by atoms with van der Waals surface area (Å²) in [5, 5.41) is 9.16. The van der Waals surface area contributed by atoms with Crippen LogP contribution in [0.5, 0.6) is 5.75 Å². The number of benzene rings is 1. The third-order valence-corrected chi connectivity index (χ3v) is 4.16. The highest BCUT2D eigenvalue weighted by Gasteiger charge is 2.21. The van der Waals surface area contributed by atoms with Crippen LogP contribution in [-0.4, -0.2) is 42.4 Å². The van der Waals surface area contributed by atoms with Crippen molar-refractivity contribution in [2.24, 2.45) is 0 Å². The van der Waals surface area contributed by atoms with Gasteiger partial charge >= 0.3 is 0 Å². The third kappa shape index (κ3) is 4.79. The Morgan fingerprint density at radius 2 is 2.05 bits per heavy atom. The molecule has 0 aromatic heterocycles. The van der Waals surface area contributed by atoms with Gasteiger partial charge in [0.1, 0.15) is 12.4 Å². The Hall–Kier alpha value is -0.580. The van der Waals surface area contributed by atoms with E-state index in [0.717, 1.165) is 23.3 Å². The van der Waals surface area contributed by atoms with E-state index in [9.17, 15) is 0 Å². The van der Waals surface area contributed by atoms with Gasteiger partial charge in [-0.1, -0.05) is 34.8 Å². The molecule has 0 unspecified atom stereocenters. The molecule has 1 aromatic rings. The maximum absolute atomic E-state index is 9.16. The van der Waals surface area contributed by atoms with Gasteiger partial charge < -0.3 is 9.84 Å². The van der Waals surface area contributed by atoms with Crippen molar-refractivity contribution >= 4 is 15.9 Å². The molecule has 1 N–H and O–H groups in total. The van der Waals surface area contributed by atoms with Crippen LogP contribution in [0.3, 0.4) is 0 Å². The zero-order valence-electron chi connectivity index (χ0n) is 11.2. The molecule has 0 spiro atoms. The largest absolute Gasteiger partial charge is 0.492 e. The number of halogens is 1. The van der Waals surface area contributed by atoms with Crippen molar-refractivity contribution in [2.75, 3.05) is 26.3 Å². The van der Waals surface area contributed by atoms with Gasteiger partial charge in [-0.25, -0.2) is 0 Å². The zero-order chi connectivity index (χ0) is 13.5. The molecule has 0 atom stereocenters. The standard InChI is InChI=1S/C15H22BrNO2/c16-13-4-3-7-15(12-13)19-11-9-17(8-10-18)14-5-1-2-6-14/h3-4,7,12,14,18H,1-2,5-6,8-11H2. The average molecular weight is 328 g/mol. The predicted octanol–water partition coefficient (Wildman–Crippen LogP) is 3.06. The molecule has 3 nitrogen and oxygen atoms in total. The minimum absolute atomic E-state index is 0.230. The number of aliphatic hydroxyl groups excluding tert-OH is 1. The molecule has 1 aliphatic rings. The van der Waals surface area contributed by atoms with E-state index >= 15 is 0 Å². The van der Waals surface area contributed by atoms with Crippen molar-refractivity contribution in [3.8, 4) is 5.75 Å². The number of hydrogen-bond donors (Lipinski definition) is 1. The Morgan fingerprint density at radius 3 is 2.74 bits per heavy atom. The van der Waals surface area contributed by atoms with Crippen LogP contribution in [0, 0.1) is 0 Å². The lowest BCUT2D eigenvalue weighted by Crippen LogP contribution is -2.38. The van der Waals surface area contributed by atoms with Gasteiger partial charge in [-0.15, -0.1) is 0 Å². The van der Waals surface area contributed by atoms with Crippen molar-refractivity contribution in [2.45, 2.75) is 31.7 Å². The molecule has 0 radical (unpaired) electrons. The molecule has 106 valence electrons. The molecule has 0 aliphatic heterocycles. The van der Waals surface area contributed by atoms with E-state index in [1.807, 2.05) is 24.3 Å². The van der Waals surface area contributed by atoms with E-state index in [2.05, 4.69) is 20.8 Å². The van der Waals surface area contributed by atoms with Gasteiger partial charge in [-0.3, -0.25) is 4.90 Å². The van der Waals surface area contributed by atoms with E-state index in [4.69, 9.17) is 9.84 Å². The van der Waals surface area contributed by atoms with Gasteiger partial charge in [-0.2, -0.15) is 0 Å². The summed E-state index contributed by atoms with van der Waals surface area (Å²) in [6.07, 6.45) is 5.16. The van der Waals surface area contributed by atoms with E-state index in [1.165, 1.54) is 25.7 Å². The first kappa shape index (κ1) is 14.8. The Bertz CT molecular complexity index is 380. The normalized spacial score (nSPS) is 16.2. The fraction of sp³-hybridized carbons (Fsp3) is 0.600. The molecule has 1 saturated carbocycles. The van der Waals surface area contributed by atoms with Gasteiger partial charge in [0, 0.05) is 23.6 Å². The first-order valence-corrected chi connectivity index (χ1v) is 7.82. The molecule has 19 heavy (non-hydrogen) atoms. The van der Waals surface area contributed by atoms with Gasteiger partial charge in [0.15, 0.2) is 0 Å². The highest BCUT2D eigenvalue weighted by Crippen LogP contribution is 2.23. The molecule has 0 bridgehead atoms. The summed E-state index contributed by atoms with van der Waals surface area (Å²) < 4.78 is 6.81. The molecular formula is C15H22BrNO2. The van der Waals surface area contributed by atoms with Crippen LogP contribution in [0.1, 0.15) is 25.7 Å². The summed E-state index contributed by atoms with van der Waals surface area (Å²) in [6.45, 7) is 2.55. The second-order valence-electron chi connectivity index (χ2n) is 5.00. The van der Waals surface area contributed by atoms with Gasteiger partial charge in [0.25, 0.3) is 0 Å². The van der Waals surface area contributed by atoms with Crippen LogP contribution in [0.2, 0.25) is 0 Å². The Labute approximate surface area is 123 Å². The summed E-state index contributed by atoms with van der Waals surface area (Å²) in [4.78, 5) is 2.37. The third-order valence-electron chi connectivity index (χ3n) is 3.67. The number of rotatable bonds is 7. The lowest BCUT2D eigenvalue weighted by atomic mass is 10.2. The highest BCUT2D eigenvalue weighted by molar-refractivity contribution is 9.10. The van der Waals surface area contributed by atoms with Crippen molar-refractivity contribution in [3.63, 3.8) is 0 Å². The quantitative estimate of drug-likeness (QED) is 0.835. The molecule has 0 heterocycles. The first-order valence-electron chi connectivity index (χ1n) is 7.03. The van der Waals surface area contributed by atoms with Crippen molar-refractivity contribution in [1.82, 2.24) is 4.90 Å². The van der Waals surface area contributed by atoms with E-state index in [0.29, 0.717) is 12.6 Å². The maximum Gasteiger partial charge on any atom is 0.120 e. The zero-order valence-corrected chi connectivity index (χ0v) is 12.8. The molecule has 1 aliphatic carbocycles. The second kappa shape index (κ2) is 7.88. The van der Waals surface area contributed by atoms with E-state index in [1.54, 1.807) is 0 Å². The van der Waals surface area contributed by atoms with Gasteiger partial charge in [0.2, 0.25) is 0 Å². The van der Waals surface area contributed by atoms with Crippen molar-refractivity contribution < 1.29 is 9.84 Å². The van der Waals surface area contributed by atoms with E-state index in [-0.39, 0.29) is 6.61 Å². The topological polar surface area (TPSA) is 32.7 Å². The number of nitrogens with zero attached hydrogens (tertiary/aromatic N) is 1. The predicted molar refractivity (Wildman–Crippen MR) is 80.6 cm³/mol. The monoisotopic (exact) mass is 327 g/mol. The molecule has 0 amide bonds. The van der Waals surface area contributed by atoms with Crippen molar-refractivity contribution in [3.05, 3.63) is 28.7 Å². The number of aliphatic hydroxyl groups is 1. The van der Waals surface area contributed by atoms with Crippen LogP contribution in [0.15, 0.2) is 28.7 Å². The Balaban J connectivity index is 1.78. The summed E-state index contributed by atoms with van der Waals surface area (Å²) in [7, 11) is 0. The minimum atomic E-state index is 0.230. The van der Waals surface area contributed by atoms with Crippen LogP contribution >= 0.6 is 15.9 Å². The lowest BCUT2D eigenvalue weighted by molar-refractivity contribution is 0.129. The maximum atomic E-state index is 9.16. The Morgan fingerprint density at radius 1 is 1.26 bits per heavy atom. The van der Waals surface area contributed by atoms with E-state index < -0.39 is 0 Å². The summed E-state index contributed by atoms with van der Waals surface area (Å²) in [5.74, 6) is 0.893. The number of ether oxygens (including phenoxy) is 1. The summed E-state index contributed by atoms with van der Waals surface area (Å²) in [5.41, 5.74) is 0. The van der Waals surface area contributed by atoms with Gasteiger partial charge in [0.05, 0.1) is 6.61 Å². The molecule has 2 rings (SSSR count). The van der Waals surface area contributed by atoms with Crippen molar-refractivity contribution in [1.29, 1.82) is 0 Å². The molecule has 4 heteroatoms. The SMILES string of the molecule is OCCN(CCOc1cccc(Br)c1)C1CCCC1. The smallest absolute Gasteiger partial charge is 0.120 e. The summed E-state index contributed by atoms with van der Waals surface area (Å²) in [6, 6.07) is 8.55. The second-order valence-corrected chi connectivity index (χ2v) is 5.92. The van der Waals surface area contributed by atoms with Crippen LogP contribution < -0.4 is 4.74 Å². The Kier molecular flexibility index (Phi) is 6.14.